The van der Waals surface area contributed by atoms with E-state index in [-0.39, 0.29) is 0 Å². The Labute approximate surface area is 238 Å². The monoisotopic (exact) mass is 679 g/mol. The summed E-state index contributed by atoms with van der Waals surface area (Å²) in [6, 6.07) is 60.3. The molecule has 2 aliphatic carbocycles. The molecule has 0 saturated heterocycles. The van der Waals surface area contributed by atoms with Crippen LogP contribution in [-0.4, -0.2) is 0 Å². The van der Waals surface area contributed by atoms with Crippen molar-refractivity contribution in [3.8, 4) is 22.3 Å². The molecular weight excluding hydrogens is 647 g/mol. The second kappa shape index (κ2) is 8.85. The van der Waals surface area contributed by atoms with Crippen LogP contribution in [0.4, 0.5) is 0 Å². The molecule has 0 amide bonds. The summed E-state index contributed by atoms with van der Waals surface area (Å²) in [5.41, 5.74) is 11.6. The summed E-state index contributed by atoms with van der Waals surface area (Å²) in [5.74, 6) is 0. The summed E-state index contributed by atoms with van der Waals surface area (Å²) in [6.07, 6.45) is 0. The van der Waals surface area contributed by atoms with Crippen molar-refractivity contribution in [2.24, 2.45) is 0 Å². The van der Waals surface area contributed by atoms with Crippen molar-refractivity contribution in [2.45, 2.75) is 12.0 Å². The van der Waals surface area contributed by atoms with Gasteiger partial charge in [0.05, 0.1) is 0 Å². The third-order valence-electron chi connectivity index (χ3n) is 10.2. The van der Waals surface area contributed by atoms with Crippen molar-refractivity contribution in [3.05, 3.63) is 180 Å². The quantitative estimate of drug-likeness (QED) is 0.164. The van der Waals surface area contributed by atoms with Crippen LogP contribution < -0.4 is 6.64 Å². The van der Waals surface area contributed by atoms with E-state index < -0.39 is 18.5 Å². The van der Waals surface area contributed by atoms with Gasteiger partial charge in [-0.25, -0.2) is 0 Å². The molecule has 0 N–H and O–H groups in total. The maximum absolute atomic E-state index is 4.80. The van der Waals surface area contributed by atoms with Gasteiger partial charge < -0.3 is 0 Å². The topological polar surface area (TPSA) is 0 Å². The van der Waals surface area contributed by atoms with E-state index in [0.29, 0.717) is 7.35 Å². The van der Waals surface area contributed by atoms with E-state index in [1.54, 1.807) is 6.64 Å². The fourth-order valence-electron chi connectivity index (χ4n) is 8.68. The molecule has 0 spiro atoms. The summed E-state index contributed by atoms with van der Waals surface area (Å²) in [4.78, 5) is 0. The van der Waals surface area contributed by atoms with Crippen molar-refractivity contribution in [1.82, 2.24) is 0 Å². The first-order valence-corrected chi connectivity index (χ1v) is 25.7. The van der Waals surface area contributed by atoms with E-state index in [2.05, 4.69) is 162 Å². The van der Waals surface area contributed by atoms with Crippen molar-refractivity contribution in [1.29, 1.82) is 0 Å². The molecule has 40 heavy (non-hydrogen) atoms. The zero-order valence-corrected chi connectivity index (χ0v) is 26.3. The van der Waals surface area contributed by atoms with Crippen LogP contribution in [0.1, 0.15) is 29.6 Å². The Kier molecular flexibility index (Phi) is 5.31. The van der Waals surface area contributed by atoms with Gasteiger partial charge >= 0.3 is 239 Å². The Bertz CT molecular complexity index is 1660. The zero-order valence-electron chi connectivity index (χ0n) is 22.7. The van der Waals surface area contributed by atoms with Crippen LogP contribution in [0, 0.1) is 0 Å². The Morgan fingerprint density at radius 1 is 0.325 bits per heavy atom. The summed E-state index contributed by atoms with van der Waals surface area (Å²) in [5, 5.41) is 0. The first-order chi connectivity index (χ1) is 19.7. The van der Waals surface area contributed by atoms with Crippen LogP contribution in [0.15, 0.2) is 158 Å². The third kappa shape index (κ3) is 2.99. The Morgan fingerprint density at radius 2 is 0.575 bits per heavy atom. The molecule has 0 unspecified atom stereocenters. The molecule has 0 nitrogen and oxygen atoms in total. The fraction of sp³-hybridized carbons (Fsp3) is 0.0769. The van der Waals surface area contributed by atoms with E-state index in [1.807, 2.05) is 0 Å². The standard InChI is InChI=1S/2C13H9.2C6H5.CH3.Hf/c2*1-3-7-12-10(5-1)9-11-6-2-4-8-13(11)12;2*1-2-4-6-5-3-1;;/h2*1-9H;2*1-5H;1H3;. The molecule has 0 heterocycles. The first-order valence-electron chi connectivity index (χ1n) is 14.4. The molecular formula is C39H31Hf. The van der Waals surface area contributed by atoms with Crippen molar-refractivity contribution in [3.63, 3.8) is 0 Å². The Hall–Kier alpha value is -3.81. The summed E-state index contributed by atoms with van der Waals surface area (Å²) >= 11 is -4.80. The van der Waals surface area contributed by atoms with Crippen molar-refractivity contribution in [2.75, 3.05) is 0 Å². The van der Waals surface area contributed by atoms with Crippen LogP contribution in [-0.2, 0) is 18.5 Å². The van der Waals surface area contributed by atoms with Gasteiger partial charge in [0.25, 0.3) is 0 Å². The first kappa shape index (κ1) is 24.0. The minimum atomic E-state index is -4.80. The summed E-state index contributed by atoms with van der Waals surface area (Å²) < 4.78 is 6.50. The molecule has 1 heteroatoms. The normalized spacial score (nSPS) is 15.0. The molecule has 0 fully saturated rings. The second-order valence-corrected chi connectivity index (χ2v) is 34.2. The minimum absolute atomic E-state index is 0.304. The van der Waals surface area contributed by atoms with Crippen molar-refractivity contribution >= 4 is 6.64 Å². The van der Waals surface area contributed by atoms with Crippen LogP contribution in [0.25, 0.3) is 22.3 Å². The summed E-state index contributed by atoms with van der Waals surface area (Å²) in [7, 11) is 0. The molecule has 0 radical (unpaired) electrons. The van der Waals surface area contributed by atoms with Gasteiger partial charge in [-0.1, -0.05) is 0 Å². The molecule has 8 rings (SSSR count). The molecule has 0 saturated carbocycles. The number of rotatable bonds is 4. The van der Waals surface area contributed by atoms with Gasteiger partial charge in [-0.2, -0.15) is 0 Å². The SMILES string of the molecule is [CH3][Hf]([c]1ccccc1)([c]1ccccc1)([CH]1c2ccccc2-c2ccccc21)[CH]1c2ccccc2-c2ccccc21. The van der Waals surface area contributed by atoms with Crippen LogP contribution in [0.5, 0.6) is 0 Å². The number of hydrogen-bond acceptors (Lipinski definition) is 0. The molecule has 6 aromatic carbocycles. The van der Waals surface area contributed by atoms with Gasteiger partial charge in [0, 0.05) is 0 Å². The van der Waals surface area contributed by atoms with Crippen molar-refractivity contribution < 1.29 is 18.5 Å². The molecule has 6 aromatic rings. The molecule has 191 valence electrons. The van der Waals surface area contributed by atoms with Gasteiger partial charge in [-0.3, -0.25) is 0 Å². The van der Waals surface area contributed by atoms with Crippen LogP contribution >= 0.6 is 0 Å². The number of fused-ring (bicyclic) bond motifs is 6. The predicted molar refractivity (Wildman–Crippen MR) is 165 cm³/mol. The number of benzene rings is 6. The van der Waals surface area contributed by atoms with Gasteiger partial charge in [0.1, 0.15) is 0 Å². The second-order valence-electron chi connectivity index (χ2n) is 11.9. The predicted octanol–water partition coefficient (Wildman–Crippen LogP) is 8.92. The van der Waals surface area contributed by atoms with Crippen LogP contribution in [0.3, 0.4) is 0 Å². The van der Waals surface area contributed by atoms with E-state index in [1.165, 1.54) is 44.5 Å². The molecule has 0 bridgehead atoms. The molecule has 0 atom stereocenters. The molecule has 2 aliphatic rings. The summed E-state index contributed by atoms with van der Waals surface area (Å²) in [6.45, 7) is 0. The van der Waals surface area contributed by atoms with E-state index >= 15 is 0 Å². The van der Waals surface area contributed by atoms with E-state index in [0.717, 1.165) is 0 Å². The van der Waals surface area contributed by atoms with E-state index in [9.17, 15) is 0 Å². The zero-order chi connectivity index (χ0) is 26.8. The fourth-order valence-corrected chi connectivity index (χ4v) is 38.7. The molecule has 0 aliphatic heterocycles. The third-order valence-corrected chi connectivity index (χ3v) is 38.8. The molecule has 0 aromatic heterocycles. The number of hydrogen-bond donors (Lipinski definition) is 0. The van der Waals surface area contributed by atoms with Crippen LogP contribution in [0.2, 0.25) is 4.68 Å². The Morgan fingerprint density at radius 3 is 0.875 bits per heavy atom. The average molecular weight is 678 g/mol. The average Bonchev–Trinajstić information content (AvgIpc) is 3.56. The van der Waals surface area contributed by atoms with Gasteiger partial charge in [-0.05, 0) is 0 Å². The van der Waals surface area contributed by atoms with E-state index in [4.69, 9.17) is 0 Å². The van der Waals surface area contributed by atoms with Gasteiger partial charge in [0.2, 0.25) is 0 Å². The van der Waals surface area contributed by atoms with Gasteiger partial charge in [0.15, 0.2) is 0 Å². The maximum atomic E-state index is 2.79. The van der Waals surface area contributed by atoms with Gasteiger partial charge in [-0.15, -0.1) is 0 Å². The Balaban J connectivity index is 1.62.